The van der Waals surface area contributed by atoms with Gasteiger partial charge in [-0.25, -0.2) is 0 Å². The van der Waals surface area contributed by atoms with Gasteiger partial charge in [0.05, 0.1) is 4.88 Å². The van der Waals surface area contributed by atoms with Gasteiger partial charge in [-0.1, -0.05) is 18.2 Å². The molecule has 0 aliphatic heterocycles. The molecule has 1 aromatic heterocycles. The average molecular weight is 434 g/mol. The van der Waals surface area contributed by atoms with Crippen molar-refractivity contribution in [1.82, 2.24) is 10.6 Å². The second-order valence-corrected chi connectivity index (χ2v) is 8.64. The van der Waals surface area contributed by atoms with Gasteiger partial charge < -0.3 is 16.0 Å². The average Bonchev–Trinajstić information content (AvgIpc) is 3.45. The minimum absolute atomic E-state index is 0.114. The first-order valence-corrected chi connectivity index (χ1v) is 10.9. The number of hydrogen-bond acceptors (Lipinski definition) is 4. The van der Waals surface area contributed by atoms with Crippen molar-refractivity contribution >= 4 is 34.7 Å². The van der Waals surface area contributed by atoms with E-state index in [-0.39, 0.29) is 23.8 Å². The van der Waals surface area contributed by atoms with E-state index in [2.05, 4.69) is 16.0 Å². The zero-order chi connectivity index (χ0) is 22.0. The van der Waals surface area contributed by atoms with Crippen molar-refractivity contribution in [3.8, 4) is 10.4 Å². The molecule has 1 heterocycles. The van der Waals surface area contributed by atoms with E-state index in [9.17, 15) is 14.4 Å². The molecule has 31 heavy (non-hydrogen) atoms. The number of hydrogen-bond donors (Lipinski definition) is 3. The molecule has 0 atom stereocenters. The molecule has 1 aliphatic carbocycles. The first-order chi connectivity index (χ1) is 14.9. The molecule has 1 aliphatic rings. The summed E-state index contributed by atoms with van der Waals surface area (Å²) in [7, 11) is 1.59. The second-order valence-electron chi connectivity index (χ2n) is 7.55. The van der Waals surface area contributed by atoms with Crippen molar-refractivity contribution < 1.29 is 14.4 Å². The number of aryl methyl sites for hydroxylation is 1. The highest BCUT2D eigenvalue weighted by Crippen LogP contribution is 2.29. The minimum Gasteiger partial charge on any atom is -0.355 e. The first kappa shape index (κ1) is 20.8. The lowest BCUT2D eigenvalue weighted by Crippen LogP contribution is -2.25. The van der Waals surface area contributed by atoms with Crippen molar-refractivity contribution in [2.24, 2.45) is 0 Å². The summed E-state index contributed by atoms with van der Waals surface area (Å²) in [4.78, 5) is 38.3. The normalized spacial score (nSPS) is 12.8. The first-order valence-electron chi connectivity index (χ1n) is 10.1. The highest BCUT2D eigenvalue weighted by Gasteiger charge is 2.24. The van der Waals surface area contributed by atoms with Crippen molar-refractivity contribution in [3.63, 3.8) is 0 Å². The van der Waals surface area contributed by atoms with Crippen LogP contribution in [0.3, 0.4) is 0 Å². The number of rotatable bonds is 6. The summed E-state index contributed by atoms with van der Waals surface area (Å²) in [5, 5.41) is 8.49. The van der Waals surface area contributed by atoms with Gasteiger partial charge in [-0.3, -0.25) is 14.4 Å². The lowest BCUT2D eigenvalue weighted by Gasteiger charge is -2.10. The third-order valence-corrected chi connectivity index (χ3v) is 6.28. The highest BCUT2D eigenvalue weighted by atomic mass is 32.1. The summed E-state index contributed by atoms with van der Waals surface area (Å²) in [5.41, 5.74) is 3.57. The van der Waals surface area contributed by atoms with Gasteiger partial charge in [-0.2, -0.15) is 0 Å². The van der Waals surface area contributed by atoms with Gasteiger partial charge in [0.2, 0.25) is 0 Å². The fourth-order valence-electron chi connectivity index (χ4n) is 3.12. The van der Waals surface area contributed by atoms with E-state index in [4.69, 9.17) is 0 Å². The van der Waals surface area contributed by atoms with E-state index in [0.29, 0.717) is 21.7 Å². The van der Waals surface area contributed by atoms with Crippen LogP contribution in [-0.4, -0.2) is 30.8 Å². The maximum absolute atomic E-state index is 12.8. The van der Waals surface area contributed by atoms with Gasteiger partial charge in [0.25, 0.3) is 17.7 Å². The summed E-state index contributed by atoms with van der Waals surface area (Å²) < 4.78 is 0. The lowest BCUT2D eigenvalue weighted by molar-refractivity contribution is 0.0946. The topological polar surface area (TPSA) is 87.3 Å². The molecule has 4 rings (SSSR count). The standard InChI is InChI=1S/C24H23N3O3S/c1-14-3-4-17(23(29)26-18-9-10-18)13-19(14)27-24(30)21-12-11-20(31-21)15-5-7-16(8-6-15)22(28)25-2/h3-8,11-13,18H,9-10H2,1-2H3,(H,25,28)(H,26,29)(H,27,30). The minimum atomic E-state index is -0.221. The zero-order valence-corrected chi connectivity index (χ0v) is 18.1. The molecular weight excluding hydrogens is 410 g/mol. The van der Waals surface area contributed by atoms with Crippen LogP contribution in [0.4, 0.5) is 5.69 Å². The molecule has 158 valence electrons. The van der Waals surface area contributed by atoms with Crippen LogP contribution in [0.25, 0.3) is 10.4 Å². The summed E-state index contributed by atoms with van der Waals surface area (Å²) in [5.74, 6) is -0.473. The van der Waals surface area contributed by atoms with E-state index in [1.54, 1.807) is 37.4 Å². The van der Waals surface area contributed by atoms with Crippen molar-refractivity contribution in [1.29, 1.82) is 0 Å². The van der Waals surface area contributed by atoms with Gasteiger partial charge >= 0.3 is 0 Å². The molecule has 7 heteroatoms. The maximum atomic E-state index is 12.8. The molecule has 0 bridgehead atoms. The summed E-state index contributed by atoms with van der Waals surface area (Å²) in [6.07, 6.45) is 2.05. The number of anilines is 1. The molecule has 0 radical (unpaired) electrons. The number of amides is 3. The predicted molar refractivity (Wildman–Crippen MR) is 123 cm³/mol. The van der Waals surface area contributed by atoms with Crippen LogP contribution < -0.4 is 16.0 Å². The van der Waals surface area contributed by atoms with E-state index in [1.165, 1.54) is 11.3 Å². The van der Waals surface area contributed by atoms with Gasteiger partial charge in [0.1, 0.15) is 0 Å². The van der Waals surface area contributed by atoms with Gasteiger partial charge in [0.15, 0.2) is 0 Å². The predicted octanol–water partition coefficient (Wildman–Crippen LogP) is 4.23. The van der Waals surface area contributed by atoms with Crippen LogP contribution in [-0.2, 0) is 0 Å². The second kappa shape index (κ2) is 8.73. The van der Waals surface area contributed by atoms with Crippen molar-refractivity contribution in [3.05, 3.63) is 76.2 Å². The molecule has 0 unspecified atom stereocenters. The maximum Gasteiger partial charge on any atom is 0.265 e. The Labute approximate surface area is 184 Å². The summed E-state index contributed by atoms with van der Waals surface area (Å²) in [6.45, 7) is 1.89. The van der Waals surface area contributed by atoms with Crippen LogP contribution in [0.1, 0.15) is 48.8 Å². The molecule has 0 spiro atoms. The highest BCUT2D eigenvalue weighted by molar-refractivity contribution is 7.17. The molecule has 0 saturated heterocycles. The monoisotopic (exact) mass is 433 g/mol. The van der Waals surface area contributed by atoms with E-state index in [1.807, 2.05) is 31.2 Å². The molecule has 1 fully saturated rings. The molecule has 1 saturated carbocycles. The fourth-order valence-corrected chi connectivity index (χ4v) is 4.03. The van der Waals surface area contributed by atoms with E-state index in [0.717, 1.165) is 28.8 Å². The molecule has 3 N–H and O–H groups in total. The Morgan fingerprint density at radius 3 is 2.26 bits per heavy atom. The number of benzene rings is 2. The fraction of sp³-hybridized carbons (Fsp3) is 0.208. The van der Waals surface area contributed by atoms with Crippen LogP contribution in [0, 0.1) is 6.92 Å². The Kier molecular flexibility index (Phi) is 5.86. The van der Waals surface area contributed by atoms with Crippen molar-refractivity contribution in [2.45, 2.75) is 25.8 Å². The Morgan fingerprint density at radius 1 is 0.871 bits per heavy atom. The smallest absolute Gasteiger partial charge is 0.265 e. The largest absolute Gasteiger partial charge is 0.355 e. The number of thiophene rings is 1. The Balaban J connectivity index is 1.48. The Hall–Kier alpha value is -3.45. The third kappa shape index (κ3) is 4.83. The van der Waals surface area contributed by atoms with Crippen LogP contribution in [0.15, 0.2) is 54.6 Å². The Bertz CT molecular complexity index is 1150. The molecule has 3 amide bonds. The van der Waals surface area contributed by atoms with Crippen LogP contribution in [0.5, 0.6) is 0 Å². The Morgan fingerprint density at radius 2 is 1.58 bits per heavy atom. The molecular formula is C24H23N3O3S. The summed E-state index contributed by atoms with van der Waals surface area (Å²) in [6, 6.07) is 16.5. The zero-order valence-electron chi connectivity index (χ0n) is 17.3. The lowest BCUT2D eigenvalue weighted by atomic mass is 10.1. The van der Waals surface area contributed by atoms with Crippen molar-refractivity contribution in [2.75, 3.05) is 12.4 Å². The van der Waals surface area contributed by atoms with E-state index >= 15 is 0 Å². The van der Waals surface area contributed by atoms with Gasteiger partial charge in [-0.15, -0.1) is 11.3 Å². The van der Waals surface area contributed by atoms with Gasteiger partial charge in [0, 0.05) is 34.8 Å². The molecule has 2 aromatic carbocycles. The van der Waals surface area contributed by atoms with Gasteiger partial charge in [-0.05, 0) is 67.3 Å². The quantitative estimate of drug-likeness (QED) is 0.544. The summed E-state index contributed by atoms with van der Waals surface area (Å²) >= 11 is 1.37. The number of carbonyl (C=O) groups is 3. The van der Waals surface area contributed by atoms with E-state index < -0.39 is 0 Å². The van der Waals surface area contributed by atoms with Crippen LogP contribution >= 0.6 is 11.3 Å². The van der Waals surface area contributed by atoms with Crippen LogP contribution in [0.2, 0.25) is 0 Å². The third-order valence-electron chi connectivity index (χ3n) is 5.15. The SMILES string of the molecule is CNC(=O)c1ccc(-c2ccc(C(=O)Nc3cc(C(=O)NC4CC4)ccc3C)s2)cc1. The molecule has 6 nitrogen and oxygen atoms in total. The number of carbonyl (C=O) groups excluding carboxylic acids is 3. The number of nitrogens with one attached hydrogen (secondary N) is 3. The molecule has 3 aromatic rings.